The molecule has 1 amide bonds. The molecule has 0 radical (unpaired) electrons. The molecule has 1 aliphatic carbocycles. The van der Waals surface area contributed by atoms with Gasteiger partial charge in [-0.3, -0.25) is 4.79 Å². The highest BCUT2D eigenvalue weighted by atomic mass is 32.1. The number of nitrogens with two attached hydrogens (primary N) is 1. The lowest BCUT2D eigenvalue weighted by Crippen LogP contribution is -2.27. The third-order valence-corrected chi connectivity index (χ3v) is 4.71. The lowest BCUT2D eigenvalue weighted by molar-refractivity contribution is -0.122. The van der Waals surface area contributed by atoms with Crippen molar-refractivity contribution in [1.29, 1.82) is 0 Å². The molecule has 2 aromatic rings. The largest absolute Gasteiger partial charge is 0.369 e. The molecule has 1 heterocycles. The van der Waals surface area contributed by atoms with Gasteiger partial charge in [-0.05, 0) is 36.3 Å². The zero-order chi connectivity index (χ0) is 12.0. The molecule has 88 valence electrons. The number of halogens is 1. The van der Waals surface area contributed by atoms with E-state index in [1.165, 1.54) is 23.0 Å². The highest BCUT2D eigenvalue weighted by Crippen LogP contribution is 2.38. The average Bonchev–Trinajstić information content (AvgIpc) is 2.68. The summed E-state index contributed by atoms with van der Waals surface area (Å²) in [6.07, 6.45) is 2.28. The van der Waals surface area contributed by atoms with E-state index in [1.54, 1.807) is 6.07 Å². The Kier molecular flexibility index (Phi) is 2.40. The maximum atomic E-state index is 13.6. The highest BCUT2D eigenvalue weighted by Gasteiger charge is 2.26. The van der Waals surface area contributed by atoms with E-state index in [2.05, 4.69) is 0 Å². The predicted octanol–water partition coefficient (Wildman–Crippen LogP) is 2.63. The fourth-order valence-corrected chi connectivity index (χ4v) is 3.84. The zero-order valence-corrected chi connectivity index (χ0v) is 10.0. The fourth-order valence-electron chi connectivity index (χ4n) is 2.51. The summed E-state index contributed by atoms with van der Waals surface area (Å²) in [7, 11) is 0. The van der Waals surface area contributed by atoms with Crippen LogP contribution in [0.15, 0.2) is 18.2 Å². The quantitative estimate of drug-likeness (QED) is 0.829. The third-order valence-electron chi connectivity index (χ3n) is 3.43. The van der Waals surface area contributed by atoms with E-state index in [4.69, 9.17) is 5.73 Å². The predicted molar refractivity (Wildman–Crippen MR) is 66.5 cm³/mol. The molecule has 0 saturated carbocycles. The minimum Gasteiger partial charge on any atom is -0.369 e. The van der Waals surface area contributed by atoms with Crippen LogP contribution in [0.25, 0.3) is 10.1 Å². The first-order valence-corrected chi connectivity index (χ1v) is 6.46. The van der Waals surface area contributed by atoms with E-state index in [1.807, 2.05) is 6.07 Å². The minimum absolute atomic E-state index is 0.0846. The summed E-state index contributed by atoms with van der Waals surface area (Å²) < 4.78 is 14.4. The molecule has 4 heteroatoms. The van der Waals surface area contributed by atoms with Crippen LogP contribution in [-0.4, -0.2) is 5.91 Å². The van der Waals surface area contributed by atoms with Crippen LogP contribution in [0, 0.1) is 11.7 Å². The van der Waals surface area contributed by atoms with Crippen molar-refractivity contribution < 1.29 is 9.18 Å². The Morgan fingerprint density at radius 1 is 1.47 bits per heavy atom. The van der Waals surface area contributed by atoms with Gasteiger partial charge in [-0.25, -0.2) is 4.39 Å². The number of benzene rings is 1. The van der Waals surface area contributed by atoms with E-state index >= 15 is 0 Å². The second kappa shape index (κ2) is 3.81. The number of carbonyl (C=O) groups is 1. The van der Waals surface area contributed by atoms with Crippen LogP contribution >= 0.6 is 11.3 Å². The number of hydrogen-bond donors (Lipinski definition) is 1. The Balaban J connectivity index is 2.13. The van der Waals surface area contributed by atoms with Crippen molar-refractivity contribution in [2.45, 2.75) is 19.3 Å². The number of aryl methyl sites for hydroxylation is 1. The molecule has 0 spiro atoms. The summed E-state index contributed by atoms with van der Waals surface area (Å²) in [5, 5.41) is 1.01. The monoisotopic (exact) mass is 249 g/mol. The van der Waals surface area contributed by atoms with Crippen molar-refractivity contribution in [1.82, 2.24) is 0 Å². The normalized spacial score (nSPS) is 19.2. The first-order chi connectivity index (χ1) is 8.16. The third kappa shape index (κ3) is 1.63. The van der Waals surface area contributed by atoms with Gasteiger partial charge in [0.05, 0.1) is 4.70 Å². The molecule has 0 bridgehead atoms. The lowest BCUT2D eigenvalue weighted by Gasteiger charge is -2.18. The number of carbonyl (C=O) groups excluding carboxylic acids is 1. The van der Waals surface area contributed by atoms with Crippen LogP contribution in [0.5, 0.6) is 0 Å². The van der Waals surface area contributed by atoms with Gasteiger partial charge in [-0.15, -0.1) is 11.3 Å². The molecular weight excluding hydrogens is 237 g/mol. The van der Waals surface area contributed by atoms with Crippen LogP contribution in [-0.2, 0) is 17.6 Å². The van der Waals surface area contributed by atoms with E-state index < -0.39 is 0 Å². The molecule has 0 unspecified atom stereocenters. The molecule has 0 fully saturated rings. The summed E-state index contributed by atoms with van der Waals surface area (Å²) in [5.41, 5.74) is 6.55. The van der Waals surface area contributed by atoms with E-state index in [-0.39, 0.29) is 17.6 Å². The molecule has 3 rings (SSSR count). The Hall–Kier alpha value is -1.42. The summed E-state index contributed by atoms with van der Waals surface area (Å²) in [6, 6.07) is 5.18. The number of thiophene rings is 1. The molecule has 1 atom stereocenters. The van der Waals surface area contributed by atoms with E-state index in [0.717, 1.165) is 23.1 Å². The molecule has 1 aromatic heterocycles. The van der Waals surface area contributed by atoms with Gasteiger partial charge in [0.1, 0.15) is 5.82 Å². The molecule has 0 saturated heterocycles. The Bertz CT molecular complexity index is 605. The van der Waals surface area contributed by atoms with Crippen LogP contribution in [0.2, 0.25) is 0 Å². The molecule has 1 aliphatic rings. The smallest absolute Gasteiger partial charge is 0.220 e. The number of fused-ring (bicyclic) bond motifs is 3. The van der Waals surface area contributed by atoms with Gasteiger partial charge in [0.15, 0.2) is 0 Å². The van der Waals surface area contributed by atoms with Crippen molar-refractivity contribution in [2.75, 3.05) is 0 Å². The molecular formula is C13H12FNOS. The van der Waals surface area contributed by atoms with Gasteiger partial charge in [0.25, 0.3) is 0 Å². The van der Waals surface area contributed by atoms with Gasteiger partial charge in [-0.1, -0.05) is 12.1 Å². The lowest BCUT2D eigenvalue weighted by atomic mass is 9.87. The van der Waals surface area contributed by atoms with Gasteiger partial charge in [0.2, 0.25) is 5.91 Å². The van der Waals surface area contributed by atoms with Crippen LogP contribution in [0.3, 0.4) is 0 Å². The minimum atomic E-state index is -0.242. The molecule has 2 nitrogen and oxygen atoms in total. The fraction of sp³-hybridized carbons (Fsp3) is 0.308. The Morgan fingerprint density at radius 2 is 2.29 bits per heavy atom. The average molecular weight is 249 g/mol. The topological polar surface area (TPSA) is 43.1 Å². The Morgan fingerprint density at radius 3 is 3.06 bits per heavy atom. The van der Waals surface area contributed by atoms with Crippen molar-refractivity contribution >= 4 is 27.3 Å². The van der Waals surface area contributed by atoms with Gasteiger partial charge >= 0.3 is 0 Å². The maximum Gasteiger partial charge on any atom is 0.220 e. The second-order valence-electron chi connectivity index (χ2n) is 4.46. The van der Waals surface area contributed by atoms with Gasteiger partial charge < -0.3 is 5.73 Å². The second-order valence-corrected chi connectivity index (χ2v) is 5.57. The number of hydrogen-bond acceptors (Lipinski definition) is 2. The number of primary amides is 1. The van der Waals surface area contributed by atoms with Gasteiger partial charge in [-0.2, -0.15) is 0 Å². The zero-order valence-electron chi connectivity index (χ0n) is 9.20. The number of rotatable bonds is 1. The van der Waals surface area contributed by atoms with Gasteiger partial charge in [0, 0.05) is 10.8 Å². The summed E-state index contributed by atoms with van der Waals surface area (Å²) in [4.78, 5) is 12.3. The van der Waals surface area contributed by atoms with Crippen molar-refractivity contribution in [3.05, 3.63) is 34.5 Å². The Labute approximate surface area is 102 Å². The summed E-state index contributed by atoms with van der Waals surface area (Å²) in [5.74, 6) is -0.496. The van der Waals surface area contributed by atoms with Crippen molar-refractivity contribution in [2.24, 2.45) is 11.7 Å². The van der Waals surface area contributed by atoms with Crippen molar-refractivity contribution in [3.8, 4) is 0 Å². The van der Waals surface area contributed by atoms with Crippen LogP contribution in [0.1, 0.15) is 16.9 Å². The van der Waals surface area contributed by atoms with Crippen molar-refractivity contribution in [3.63, 3.8) is 0 Å². The standard InChI is InChI=1S/C13H12FNOS/c14-10-3-1-2-9-8-5-4-7(13(15)16)6-11(8)17-12(9)10/h1-3,7H,4-6H2,(H2,15,16)/t7-/m0/s1. The molecule has 0 aliphatic heterocycles. The molecule has 17 heavy (non-hydrogen) atoms. The first kappa shape index (κ1) is 10.7. The van der Waals surface area contributed by atoms with Crippen LogP contribution in [0.4, 0.5) is 4.39 Å². The highest BCUT2D eigenvalue weighted by molar-refractivity contribution is 7.19. The summed E-state index contributed by atoms with van der Waals surface area (Å²) >= 11 is 1.46. The molecule has 2 N–H and O–H groups in total. The maximum absolute atomic E-state index is 13.6. The molecule has 1 aromatic carbocycles. The SMILES string of the molecule is NC(=O)[C@H]1CCc2c(sc3c(F)cccc23)C1. The number of amides is 1. The summed E-state index contributed by atoms with van der Waals surface area (Å²) in [6.45, 7) is 0. The first-order valence-electron chi connectivity index (χ1n) is 5.65. The van der Waals surface area contributed by atoms with E-state index in [9.17, 15) is 9.18 Å². The van der Waals surface area contributed by atoms with E-state index in [0.29, 0.717) is 11.1 Å². The van der Waals surface area contributed by atoms with Crippen LogP contribution < -0.4 is 5.73 Å².